The molecule has 0 fully saturated rings. The normalized spacial score (nSPS) is 15.5. The zero-order valence-electron chi connectivity index (χ0n) is 25.6. The molecule has 15 heteroatoms. The number of nitrogens with one attached hydrogen (secondary N) is 2. The van der Waals surface area contributed by atoms with Crippen LogP contribution >= 0.6 is 23.2 Å². The van der Waals surface area contributed by atoms with Crippen LogP contribution in [0, 0.1) is 11.8 Å². The van der Waals surface area contributed by atoms with E-state index in [-0.39, 0.29) is 46.7 Å². The minimum atomic E-state index is -1.10. The summed E-state index contributed by atoms with van der Waals surface area (Å²) in [5, 5.41) is 17.0. The van der Waals surface area contributed by atoms with Gasteiger partial charge in [0.2, 0.25) is 10.6 Å². The Morgan fingerprint density at radius 3 is 2.20 bits per heavy atom. The summed E-state index contributed by atoms with van der Waals surface area (Å²) in [7, 11) is 0. The number of alkyl carbamates (subject to hydrolysis) is 1. The van der Waals surface area contributed by atoms with E-state index >= 15 is 0 Å². The van der Waals surface area contributed by atoms with Crippen molar-refractivity contribution < 1.29 is 24.2 Å². The van der Waals surface area contributed by atoms with E-state index in [1.807, 2.05) is 18.4 Å². The fourth-order valence-electron chi connectivity index (χ4n) is 4.71. The number of nitrogens with zero attached hydrogens (tertiary/aromatic N) is 6. The number of ether oxygens (including phenoxy) is 1. The van der Waals surface area contributed by atoms with Crippen molar-refractivity contribution in [2.24, 2.45) is 11.8 Å². The number of carboxylic acids is 1. The van der Waals surface area contributed by atoms with Crippen molar-refractivity contribution in [3.05, 3.63) is 46.5 Å². The first kappa shape index (κ1) is 32.9. The highest BCUT2D eigenvalue weighted by Crippen LogP contribution is 2.24. The highest BCUT2D eigenvalue weighted by Gasteiger charge is 2.29. The molecule has 0 aliphatic carbocycles. The van der Waals surface area contributed by atoms with Crippen LogP contribution in [0.4, 0.5) is 4.79 Å². The van der Waals surface area contributed by atoms with Gasteiger partial charge in [0, 0.05) is 42.3 Å². The van der Waals surface area contributed by atoms with E-state index in [1.165, 1.54) is 16.8 Å². The van der Waals surface area contributed by atoms with Gasteiger partial charge in [0.15, 0.2) is 0 Å². The third-order valence-electron chi connectivity index (χ3n) is 7.05. The lowest BCUT2D eigenvalue weighted by atomic mass is 10.0. The van der Waals surface area contributed by atoms with Crippen LogP contribution in [0.1, 0.15) is 69.4 Å². The Bertz CT molecular complexity index is 1710. The Morgan fingerprint density at radius 1 is 1.07 bits per heavy atom. The number of carbonyl (C=O) groups is 3. The molecule has 0 aromatic carbocycles. The number of aromatic carboxylic acids is 1. The van der Waals surface area contributed by atoms with Crippen LogP contribution in [0.2, 0.25) is 10.6 Å². The molecule has 5 heterocycles. The minimum absolute atomic E-state index is 0.0231. The van der Waals surface area contributed by atoms with Gasteiger partial charge in [-0.2, -0.15) is 9.97 Å². The largest absolute Gasteiger partial charge is 0.477 e. The summed E-state index contributed by atoms with van der Waals surface area (Å²) in [4.78, 5) is 52.0. The SMILES string of the molecule is CC(C)[C@@H]1Cn2c(cc3cnc(Cl)nc32)C(=O)N1.CC(C)[C@H](Cn1c(C(=O)O)cc2cnc(Cl)nc21)NC(=O)OC(C)(C)C. The summed E-state index contributed by atoms with van der Waals surface area (Å²) in [6, 6.07) is 3.04. The average Bonchev–Trinajstić information content (AvgIpc) is 3.46. The van der Waals surface area contributed by atoms with Crippen LogP contribution in [0.25, 0.3) is 22.1 Å². The Labute approximate surface area is 264 Å². The summed E-state index contributed by atoms with van der Waals surface area (Å²) < 4.78 is 8.74. The summed E-state index contributed by atoms with van der Waals surface area (Å²) >= 11 is 11.7. The highest BCUT2D eigenvalue weighted by molar-refractivity contribution is 6.28. The number of hydrogen-bond acceptors (Lipinski definition) is 8. The van der Waals surface area contributed by atoms with Crippen LogP contribution in [0.15, 0.2) is 24.5 Å². The fraction of sp³-hybridized carbons (Fsp3) is 0.483. The molecule has 4 aromatic heterocycles. The lowest BCUT2D eigenvalue weighted by Gasteiger charge is -2.28. The van der Waals surface area contributed by atoms with Gasteiger partial charge in [-0.15, -0.1) is 0 Å². The molecular weight excluding hydrogens is 611 g/mol. The summed E-state index contributed by atoms with van der Waals surface area (Å²) in [6.07, 6.45) is 2.56. The lowest BCUT2D eigenvalue weighted by molar-refractivity contribution is 0.0484. The minimum Gasteiger partial charge on any atom is -0.477 e. The topological polar surface area (TPSA) is 166 Å². The first-order valence-corrected chi connectivity index (χ1v) is 14.9. The second-order valence-corrected chi connectivity index (χ2v) is 12.9. The van der Waals surface area contributed by atoms with E-state index in [0.717, 1.165) is 17.6 Å². The van der Waals surface area contributed by atoms with E-state index in [9.17, 15) is 19.5 Å². The highest BCUT2D eigenvalue weighted by atomic mass is 35.5. The number of aromatic nitrogens is 6. The van der Waals surface area contributed by atoms with Gasteiger partial charge in [0.25, 0.3) is 5.91 Å². The van der Waals surface area contributed by atoms with Gasteiger partial charge >= 0.3 is 12.1 Å². The number of hydrogen-bond donors (Lipinski definition) is 3. The summed E-state index contributed by atoms with van der Waals surface area (Å²) in [6.45, 7) is 14.3. The molecule has 1 aliphatic rings. The molecule has 0 saturated carbocycles. The number of amides is 2. The number of rotatable bonds is 6. The molecular formula is C29H36Cl2N8O5. The van der Waals surface area contributed by atoms with Crippen LogP contribution in [0.3, 0.4) is 0 Å². The van der Waals surface area contributed by atoms with E-state index in [1.54, 1.807) is 33.0 Å². The second kappa shape index (κ2) is 12.9. The van der Waals surface area contributed by atoms with Crippen LogP contribution in [-0.4, -0.2) is 69.8 Å². The molecule has 0 unspecified atom stereocenters. The summed E-state index contributed by atoms with van der Waals surface area (Å²) in [5.41, 5.74) is 1.18. The Morgan fingerprint density at radius 2 is 1.66 bits per heavy atom. The number of carboxylic acid groups (broad SMARTS) is 1. The number of carbonyl (C=O) groups excluding carboxylic acids is 2. The Kier molecular flexibility index (Phi) is 9.69. The van der Waals surface area contributed by atoms with Gasteiger partial charge in [0.1, 0.15) is 28.3 Å². The smallest absolute Gasteiger partial charge is 0.407 e. The molecule has 5 rings (SSSR count). The molecule has 236 valence electrons. The standard InChI is InChI=1S/C17H23ClN4O4.C12H13ClN4O/c1-9(2)11(20-16(25)26-17(3,4)5)8-22-12(14(23)24)6-10-7-19-15(18)21-13(10)22;1-6(2)8-5-17-9(11(18)15-8)3-7-4-14-12(13)16-10(7)17/h6-7,9,11H,8H2,1-5H3,(H,20,25)(H,23,24);3-4,6,8H,5H2,1-2H3,(H,15,18)/t11-;8-/m00/s1. The molecule has 44 heavy (non-hydrogen) atoms. The maximum atomic E-state index is 12.1. The van der Waals surface area contributed by atoms with Crippen molar-refractivity contribution in [2.75, 3.05) is 0 Å². The zero-order valence-corrected chi connectivity index (χ0v) is 27.1. The molecule has 0 spiro atoms. The van der Waals surface area contributed by atoms with E-state index in [0.29, 0.717) is 22.6 Å². The molecule has 1 aliphatic heterocycles. The molecule has 13 nitrogen and oxygen atoms in total. The Balaban J connectivity index is 0.000000213. The molecule has 2 atom stereocenters. The van der Waals surface area contributed by atoms with Crippen molar-refractivity contribution in [2.45, 2.75) is 79.2 Å². The first-order valence-electron chi connectivity index (χ1n) is 14.1. The molecule has 0 bridgehead atoms. The molecule has 0 saturated heterocycles. The van der Waals surface area contributed by atoms with Gasteiger partial charge in [-0.25, -0.2) is 19.6 Å². The van der Waals surface area contributed by atoms with E-state index in [2.05, 4.69) is 44.4 Å². The van der Waals surface area contributed by atoms with E-state index < -0.39 is 17.7 Å². The van der Waals surface area contributed by atoms with Crippen molar-refractivity contribution in [3.63, 3.8) is 0 Å². The number of fused-ring (bicyclic) bond motifs is 4. The van der Waals surface area contributed by atoms with Crippen molar-refractivity contribution in [1.82, 2.24) is 39.7 Å². The maximum absolute atomic E-state index is 12.1. The molecule has 3 N–H and O–H groups in total. The number of halogens is 2. The molecule has 2 amide bonds. The average molecular weight is 648 g/mol. The van der Waals surface area contributed by atoms with Crippen LogP contribution in [-0.2, 0) is 17.8 Å². The van der Waals surface area contributed by atoms with Crippen LogP contribution in [0.5, 0.6) is 0 Å². The third kappa shape index (κ3) is 7.56. The van der Waals surface area contributed by atoms with Gasteiger partial charge < -0.3 is 29.6 Å². The zero-order chi connectivity index (χ0) is 32.5. The van der Waals surface area contributed by atoms with Crippen molar-refractivity contribution >= 4 is 63.2 Å². The van der Waals surface area contributed by atoms with Crippen LogP contribution < -0.4 is 10.6 Å². The summed E-state index contributed by atoms with van der Waals surface area (Å²) in [5.74, 6) is -0.760. The fourth-order valence-corrected chi connectivity index (χ4v) is 4.97. The van der Waals surface area contributed by atoms with Crippen molar-refractivity contribution in [1.29, 1.82) is 0 Å². The van der Waals surface area contributed by atoms with Gasteiger partial charge in [-0.3, -0.25) is 4.79 Å². The lowest BCUT2D eigenvalue weighted by Crippen LogP contribution is -2.46. The second-order valence-electron chi connectivity index (χ2n) is 12.2. The monoisotopic (exact) mass is 646 g/mol. The van der Waals surface area contributed by atoms with Gasteiger partial charge in [-0.1, -0.05) is 27.7 Å². The van der Waals surface area contributed by atoms with Gasteiger partial charge in [-0.05, 0) is 67.9 Å². The maximum Gasteiger partial charge on any atom is 0.407 e. The van der Waals surface area contributed by atoms with E-state index in [4.69, 9.17) is 27.9 Å². The first-order chi connectivity index (χ1) is 20.5. The molecule has 0 radical (unpaired) electrons. The predicted octanol–water partition coefficient (Wildman–Crippen LogP) is 5.18. The molecule has 4 aromatic rings. The Hall–Kier alpha value is -3.97. The third-order valence-corrected chi connectivity index (χ3v) is 7.41. The van der Waals surface area contributed by atoms with Gasteiger partial charge in [0.05, 0.1) is 6.04 Å². The quantitative estimate of drug-likeness (QED) is 0.239. The van der Waals surface area contributed by atoms with Crippen molar-refractivity contribution in [3.8, 4) is 0 Å². The predicted molar refractivity (Wildman–Crippen MR) is 166 cm³/mol.